The molecule has 1 aliphatic rings. The van der Waals surface area contributed by atoms with Crippen LogP contribution in [0.15, 0.2) is 107 Å². The Kier molecular flexibility index (Phi) is 9.47. The molecule has 240 valence electrons. The van der Waals surface area contributed by atoms with Crippen molar-refractivity contribution < 1.29 is 30.7 Å². The molecular weight excluding hydrogens is 629 g/mol. The van der Waals surface area contributed by atoms with Crippen molar-refractivity contribution in [3.05, 3.63) is 114 Å². The van der Waals surface area contributed by atoms with Gasteiger partial charge in [0.05, 0.1) is 21.2 Å². The van der Waals surface area contributed by atoms with Gasteiger partial charge in [0.15, 0.2) is 5.78 Å². The number of ketones is 1. The highest BCUT2D eigenvalue weighted by Gasteiger charge is 2.40. The van der Waals surface area contributed by atoms with Crippen LogP contribution in [0.4, 0.5) is 21.9 Å². The second-order valence-electron chi connectivity index (χ2n) is 10.8. The van der Waals surface area contributed by atoms with Crippen molar-refractivity contribution in [3.63, 3.8) is 0 Å². The van der Waals surface area contributed by atoms with Gasteiger partial charge in [0.2, 0.25) is 0 Å². The number of benzene rings is 4. The fourth-order valence-electron chi connectivity index (χ4n) is 5.11. The van der Waals surface area contributed by atoms with Crippen LogP contribution in [0.3, 0.4) is 0 Å². The molecule has 0 aliphatic carbocycles. The van der Waals surface area contributed by atoms with E-state index in [4.69, 9.17) is 4.28 Å². The SMILES string of the molecule is CCC1N(OS(=O)(=O)c2ccccc2)c2ccc(C(C)=O)cc2N1c1ccc(CCNC(=O)NS(=O)(=O)c2ccc(C)cc2)cc1. The summed E-state index contributed by atoms with van der Waals surface area (Å²) in [5.41, 5.74) is 4.08. The number of anilines is 3. The van der Waals surface area contributed by atoms with E-state index >= 15 is 0 Å². The number of nitrogens with zero attached hydrogens (tertiary/aromatic N) is 2. The Balaban J connectivity index is 1.31. The van der Waals surface area contributed by atoms with E-state index in [2.05, 4.69) is 5.32 Å². The number of sulfonamides is 1. The minimum Gasteiger partial charge on any atom is -0.337 e. The number of carbonyl (C=O) groups is 2. The van der Waals surface area contributed by atoms with Crippen LogP contribution in [0.25, 0.3) is 0 Å². The van der Waals surface area contributed by atoms with E-state index in [1.807, 2.05) is 47.7 Å². The summed E-state index contributed by atoms with van der Waals surface area (Å²) in [5.74, 6) is -0.134. The van der Waals surface area contributed by atoms with Crippen LogP contribution < -0.4 is 20.0 Å². The molecule has 4 aromatic rings. The fraction of sp³-hybridized carbons (Fsp3) is 0.212. The number of amides is 2. The van der Waals surface area contributed by atoms with Gasteiger partial charge in [0, 0.05) is 17.8 Å². The zero-order chi connectivity index (χ0) is 33.1. The van der Waals surface area contributed by atoms with E-state index in [0.717, 1.165) is 16.8 Å². The molecule has 1 aliphatic heterocycles. The van der Waals surface area contributed by atoms with E-state index in [0.29, 0.717) is 29.8 Å². The number of carbonyl (C=O) groups excluding carboxylic acids is 2. The Bertz CT molecular complexity index is 1950. The summed E-state index contributed by atoms with van der Waals surface area (Å²) < 4.78 is 59.2. The molecule has 0 radical (unpaired) electrons. The minimum atomic E-state index is -4.16. The van der Waals surface area contributed by atoms with Crippen LogP contribution >= 0.6 is 0 Å². The molecule has 2 N–H and O–H groups in total. The van der Waals surface area contributed by atoms with Gasteiger partial charge >= 0.3 is 16.1 Å². The Morgan fingerprint density at radius 1 is 0.826 bits per heavy atom. The lowest BCUT2D eigenvalue weighted by Crippen LogP contribution is -2.41. The Morgan fingerprint density at radius 2 is 1.50 bits per heavy atom. The van der Waals surface area contributed by atoms with Gasteiger partial charge in [-0.25, -0.2) is 23.0 Å². The summed E-state index contributed by atoms with van der Waals surface area (Å²) in [6, 6.07) is 25.7. The third kappa shape index (κ3) is 7.06. The third-order valence-corrected chi connectivity index (χ3v) is 10.0. The van der Waals surface area contributed by atoms with Gasteiger partial charge < -0.3 is 10.2 Å². The van der Waals surface area contributed by atoms with Crippen LogP contribution in [0.1, 0.15) is 41.8 Å². The summed E-state index contributed by atoms with van der Waals surface area (Å²) in [6.45, 7) is 5.39. The fourth-order valence-corrected chi connectivity index (χ4v) is 7.01. The Labute approximate surface area is 268 Å². The maximum Gasteiger partial charge on any atom is 0.328 e. The van der Waals surface area contributed by atoms with Crippen molar-refractivity contribution in [2.24, 2.45) is 0 Å². The lowest BCUT2D eigenvalue weighted by atomic mass is 10.1. The van der Waals surface area contributed by atoms with Gasteiger partial charge in [-0.1, -0.05) is 55.0 Å². The summed E-state index contributed by atoms with van der Waals surface area (Å²) >= 11 is 0. The number of rotatable bonds is 11. The van der Waals surface area contributed by atoms with Crippen molar-refractivity contribution in [1.82, 2.24) is 10.0 Å². The molecule has 0 saturated carbocycles. The highest BCUT2D eigenvalue weighted by molar-refractivity contribution is 7.90. The molecule has 1 atom stereocenters. The molecule has 0 bridgehead atoms. The average molecular weight is 663 g/mol. The number of hydrogen-bond donors (Lipinski definition) is 2. The maximum atomic E-state index is 13.2. The Morgan fingerprint density at radius 3 is 2.13 bits per heavy atom. The average Bonchev–Trinajstić information content (AvgIpc) is 3.33. The molecule has 5 rings (SSSR count). The van der Waals surface area contributed by atoms with E-state index in [-0.39, 0.29) is 22.1 Å². The monoisotopic (exact) mass is 662 g/mol. The number of Topliss-reactive ketones (excluding diaryl/α,β-unsaturated/α-hetero) is 1. The van der Waals surface area contributed by atoms with Gasteiger partial charge in [0.25, 0.3) is 10.0 Å². The van der Waals surface area contributed by atoms with E-state index in [1.165, 1.54) is 36.3 Å². The number of fused-ring (bicyclic) bond motifs is 1. The number of aryl methyl sites for hydroxylation is 1. The highest BCUT2D eigenvalue weighted by Crippen LogP contribution is 2.46. The zero-order valence-electron chi connectivity index (χ0n) is 25.5. The lowest BCUT2D eigenvalue weighted by molar-refractivity contribution is 0.101. The van der Waals surface area contributed by atoms with E-state index < -0.39 is 32.3 Å². The molecule has 11 nitrogen and oxygen atoms in total. The summed E-state index contributed by atoms with van der Waals surface area (Å²) in [4.78, 5) is 26.5. The second-order valence-corrected chi connectivity index (χ2v) is 14.0. The van der Waals surface area contributed by atoms with Crippen LogP contribution in [-0.2, 0) is 30.8 Å². The molecule has 0 spiro atoms. The van der Waals surface area contributed by atoms with Gasteiger partial charge in [0.1, 0.15) is 6.17 Å². The quantitative estimate of drug-likeness (QED) is 0.201. The molecule has 46 heavy (non-hydrogen) atoms. The molecule has 0 fully saturated rings. The predicted molar refractivity (Wildman–Crippen MR) is 175 cm³/mol. The second kappa shape index (κ2) is 13.3. The number of nitrogens with one attached hydrogen (secondary N) is 2. The lowest BCUT2D eigenvalue weighted by Gasteiger charge is -2.31. The molecule has 0 saturated heterocycles. The molecule has 1 unspecified atom stereocenters. The van der Waals surface area contributed by atoms with Crippen molar-refractivity contribution in [2.45, 2.75) is 49.6 Å². The van der Waals surface area contributed by atoms with E-state index in [9.17, 15) is 26.4 Å². The van der Waals surface area contributed by atoms with Gasteiger partial charge in [-0.15, -0.1) is 4.28 Å². The molecular formula is C33H34N4O7S2. The maximum absolute atomic E-state index is 13.2. The molecule has 2 amide bonds. The van der Waals surface area contributed by atoms with Gasteiger partial charge in [-0.2, -0.15) is 8.42 Å². The number of urea groups is 1. The van der Waals surface area contributed by atoms with Crippen molar-refractivity contribution in [2.75, 3.05) is 16.5 Å². The Hall–Kier alpha value is -4.72. The first-order chi connectivity index (χ1) is 21.9. The van der Waals surface area contributed by atoms with Crippen LogP contribution in [0.2, 0.25) is 0 Å². The summed E-state index contributed by atoms with van der Waals surface area (Å²) in [6.07, 6.45) is 0.341. The molecule has 0 aromatic heterocycles. The number of hydrogen-bond acceptors (Lipinski definition) is 9. The standard InChI is InChI=1S/C33H34N4O7S2/c1-4-32-36(31-22-26(24(3)38)14-19-30(31)37(32)44-46(42,43)29-8-6-5-7-9-29)27-15-12-25(13-16-27)20-21-34-33(39)35-45(40,41)28-17-10-23(2)11-18-28/h5-19,22,32H,4,20-21H2,1-3H3,(H2,34,35,39). The molecule has 1 heterocycles. The topological polar surface area (TPSA) is 142 Å². The van der Waals surface area contributed by atoms with Gasteiger partial charge in [-0.05, 0) is 86.8 Å². The number of hydroxylamine groups is 1. The van der Waals surface area contributed by atoms with Crippen LogP contribution in [0, 0.1) is 6.92 Å². The molecule has 13 heteroatoms. The minimum absolute atomic E-state index is 0.00485. The summed E-state index contributed by atoms with van der Waals surface area (Å²) in [7, 11) is -8.16. The largest absolute Gasteiger partial charge is 0.337 e. The van der Waals surface area contributed by atoms with Crippen molar-refractivity contribution in [3.8, 4) is 0 Å². The molecule has 4 aromatic carbocycles. The first-order valence-corrected chi connectivity index (χ1v) is 17.5. The van der Waals surface area contributed by atoms with Crippen LogP contribution in [0.5, 0.6) is 0 Å². The normalized spacial score (nSPS) is 14.5. The highest BCUT2D eigenvalue weighted by atomic mass is 32.2. The van der Waals surface area contributed by atoms with Crippen molar-refractivity contribution >= 4 is 49.0 Å². The first kappa shape index (κ1) is 32.7. The van der Waals surface area contributed by atoms with Crippen molar-refractivity contribution in [1.29, 1.82) is 0 Å². The summed E-state index contributed by atoms with van der Waals surface area (Å²) in [5, 5.41) is 3.94. The smallest absolute Gasteiger partial charge is 0.328 e. The van der Waals surface area contributed by atoms with E-state index in [1.54, 1.807) is 48.5 Å². The van der Waals surface area contributed by atoms with Gasteiger partial charge in [-0.3, -0.25) is 4.79 Å². The first-order valence-electron chi connectivity index (χ1n) is 14.6. The zero-order valence-corrected chi connectivity index (χ0v) is 27.1. The predicted octanol–water partition coefficient (Wildman–Crippen LogP) is 5.44. The van der Waals surface area contributed by atoms with Crippen LogP contribution in [-0.4, -0.2) is 41.4 Å². The third-order valence-electron chi connectivity index (χ3n) is 7.50.